The molecule has 1 heterocycles. The van der Waals surface area contributed by atoms with Crippen molar-refractivity contribution >= 4 is 28.8 Å². The molecule has 1 amide bonds. The standard InChI is InChI=1S/C22H24N4O7/c23-9-6-10(24)15(27)13-8(9)4-7-5-11-21(2-1-3-26-21)17(29)14(20(25)32)19(31)22(11,33)18(30)12(7)16(13)28/h6-7,11,26-27,29-30,33H,1-5,23-24H2,(H2,25,32)/t7-,11-,21?,22-/m0/s1. The summed E-state index contributed by atoms with van der Waals surface area (Å²) in [7, 11) is 0. The minimum atomic E-state index is -2.67. The highest BCUT2D eigenvalue weighted by atomic mass is 16.3. The Morgan fingerprint density at radius 2 is 1.82 bits per heavy atom. The van der Waals surface area contributed by atoms with E-state index in [9.17, 15) is 34.8 Å². The Morgan fingerprint density at radius 1 is 1.12 bits per heavy atom. The van der Waals surface area contributed by atoms with E-state index in [1.807, 2.05) is 0 Å². The van der Waals surface area contributed by atoms with Crippen molar-refractivity contribution in [1.82, 2.24) is 5.32 Å². The fourth-order valence-electron chi connectivity index (χ4n) is 6.22. The second kappa shape index (κ2) is 6.49. The van der Waals surface area contributed by atoms with Gasteiger partial charge in [0.15, 0.2) is 11.4 Å². The zero-order valence-electron chi connectivity index (χ0n) is 17.5. The molecule has 0 aromatic heterocycles. The lowest BCUT2D eigenvalue weighted by Crippen LogP contribution is -2.68. The highest BCUT2D eigenvalue weighted by Gasteiger charge is 2.68. The molecule has 1 aromatic rings. The van der Waals surface area contributed by atoms with Crippen LogP contribution in [0.3, 0.4) is 0 Å². The van der Waals surface area contributed by atoms with Crippen molar-refractivity contribution in [2.75, 3.05) is 18.0 Å². The van der Waals surface area contributed by atoms with E-state index in [-0.39, 0.29) is 41.8 Å². The summed E-state index contributed by atoms with van der Waals surface area (Å²) in [5.74, 6) is -7.07. The summed E-state index contributed by atoms with van der Waals surface area (Å²) >= 11 is 0. The Balaban J connectivity index is 1.78. The number of nitrogens with two attached hydrogens (primary N) is 3. The third-order valence-corrected chi connectivity index (χ3v) is 7.70. The molecule has 1 aromatic carbocycles. The van der Waals surface area contributed by atoms with Gasteiger partial charge >= 0.3 is 0 Å². The average Bonchev–Trinajstić information content (AvgIpc) is 3.23. The lowest BCUT2D eigenvalue weighted by Gasteiger charge is -2.53. The molecule has 1 spiro atoms. The Hall–Kier alpha value is -3.57. The van der Waals surface area contributed by atoms with Crippen molar-refractivity contribution in [2.45, 2.75) is 36.8 Å². The highest BCUT2D eigenvalue weighted by molar-refractivity contribution is 6.25. The number of allylic oxidation sites excluding steroid dienone is 1. The number of Topliss-reactive ketones (excluding diaryl/α,β-unsaturated/α-hetero) is 2. The number of phenolic OH excluding ortho intramolecular Hbond substituents is 1. The molecule has 11 N–H and O–H groups in total. The number of aromatic hydroxyl groups is 1. The van der Waals surface area contributed by atoms with Gasteiger partial charge in [0, 0.05) is 17.2 Å². The van der Waals surface area contributed by atoms with E-state index in [2.05, 4.69) is 5.32 Å². The van der Waals surface area contributed by atoms with Crippen LogP contribution < -0.4 is 22.5 Å². The molecule has 0 saturated carbocycles. The van der Waals surface area contributed by atoms with Crippen LogP contribution in [0.15, 0.2) is 28.7 Å². The molecule has 1 aliphatic heterocycles. The smallest absolute Gasteiger partial charge is 0.255 e. The molecule has 3 aliphatic carbocycles. The molecule has 1 unspecified atom stereocenters. The fourth-order valence-corrected chi connectivity index (χ4v) is 6.22. The predicted octanol–water partition coefficient (Wildman–Crippen LogP) is -0.523. The fraction of sp³-hybridized carbons (Fsp3) is 0.409. The number of benzene rings is 1. The number of nitrogen functional groups attached to an aromatic ring is 2. The third-order valence-electron chi connectivity index (χ3n) is 7.70. The largest absolute Gasteiger partial charge is 0.509 e. The minimum absolute atomic E-state index is 0.0144. The van der Waals surface area contributed by atoms with E-state index in [0.29, 0.717) is 18.5 Å². The summed E-state index contributed by atoms with van der Waals surface area (Å²) in [6, 6.07) is 1.34. The minimum Gasteiger partial charge on any atom is -0.509 e. The number of ketones is 2. The number of amides is 1. The van der Waals surface area contributed by atoms with Crippen molar-refractivity contribution in [2.24, 2.45) is 17.6 Å². The van der Waals surface area contributed by atoms with Gasteiger partial charge in [0.05, 0.1) is 16.8 Å². The maximum atomic E-state index is 13.4. The SMILES string of the molecule is NC(=O)C1=C(O)C2(CCCN2)[C@@H]2C[C@@H]3Cc4c(N)cc(N)c(O)c4C(=O)C3=C(O)[C@]2(O)C1=O. The molecule has 1 fully saturated rings. The second-order valence-corrected chi connectivity index (χ2v) is 9.22. The van der Waals surface area contributed by atoms with Crippen LogP contribution in [0.4, 0.5) is 11.4 Å². The van der Waals surface area contributed by atoms with Crippen LogP contribution in [-0.2, 0) is 16.0 Å². The Kier molecular flexibility index (Phi) is 4.18. The van der Waals surface area contributed by atoms with Gasteiger partial charge in [0.2, 0.25) is 5.78 Å². The van der Waals surface area contributed by atoms with E-state index in [4.69, 9.17) is 17.2 Å². The maximum Gasteiger partial charge on any atom is 0.255 e. The number of anilines is 2. The van der Waals surface area contributed by atoms with Gasteiger partial charge in [-0.3, -0.25) is 14.4 Å². The van der Waals surface area contributed by atoms with Crippen molar-refractivity contribution < 1.29 is 34.8 Å². The number of aliphatic hydroxyl groups excluding tert-OH is 2. The monoisotopic (exact) mass is 456 g/mol. The molecule has 4 atom stereocenters. The van der Waals surface area contributed by atoms with Crippen LogP contribution in [0, 0.1) is 11.8 Å². The topological polar surface area (TPSA) is 222 Å². The van der Waals surface area contributed by atoms with E-state index in [0.717, 1.165) is 0 Å². The summed E-state index contributed by atoms with van der Waals surface area (Å²) < 4.78 is 0. The van der Waals surface area contributed by atoms with Crippen LogP contribution in [0.1, 0.15) is 35.2 Å². The normalized spacial score (nSPS) is 33.2. The van der Waals surface area contributed by atoms with Crippen molar-refractivity contribution in [1.29, 1.82) is 0 Å². The molecule has 0 bridgehead atoms. The van der Waals surface area contributed by atoms with Gasteiger partial charge in [0.1, 0.15) is 22.8 Å². The number of rotatable bonds is 1. The quantitative estimate of drug-likeness (QED) is 0.117. The van der Waals surface area contributed by atoms with Crippen LogP contribution in [0.5, 0.6) is 5.75 Å². The van der Waals surface area contributed by atoms with Crippen molar-refractivity contribution in [3.63, 3.8) is 0 Å². The van der Waals surface area contributed by atoms with Crippen molar-refractivity contribution in [3.05, 3.63) is 39.9 Å². The molecule has 4 aliphatic rings. The number of primary amides is 1. The van der Waals surface area contributed by atoms with Gasteiger partial charge in [-0.15, -0.1) is 0 Å². The number of carbonyl (C=O) groups is 3. The number of fused-ring (bicyclic) bond motifs is 4. The number of carbonyl (C=O) groups excluding carboxylic acids is 3. The van der Waals surface area contributed by atoms with E-state index < -0.39 is 63.3 Å². The summed E-state index contributed by atoms with van der Waals surface area (Å²) in [5, 5.41) is 47.4. The molecule has 174 valence electrons. The van der Waals surface area contributed by atoms with E-state index >= 15 is 0 Å². The lowest BCUT2D eigenvalue weighted by atomic mass is 9.54. The second-order valence-electron chi connectivity index (χ2n) is 9.22. The number of nitrogens with one attached hydrogen (secondary N) is 1. The number of phenols is 1. The van der Waals surface area contributed by atoms with Gasteiger partial charge in [-0.1, -0.05) is 0 Å². The van der Waals surface area contributed by atoms with Gasteiger partial charge in [0.25, 0.3) is 5.91 Å². The van der Waals surface area contributed by atoms with Crippen LogP contribution in [-0.4, -0.2) is 55.6 Å². The first-order valence-corrected chi connectivity index (χ1v) is 10.6. The van der Waals surface area contributed by atoms with E-state index in [1.54, 1.807) is 0 Å². The Labute approximate surface area is 187 Å². The molecule has 1 saturated heterocycles. The number of hydrogen-bond donors (Lipinski definition) is 8. The zero-order valence-corrected chi connectivity index (χ0v) is 17.5. The first kappa shape index (κ1) is 21.3. The highest BCUT2D eigenvalue weighted by Crippen LogP contribution is 2.56. The molecular weight excluding hydrogens is 432 g/mol. The van der Waals surface area contributed by atoms with Crippen LogP contribution in [0.2, 0.25) is 0 Å². The summed E-state index contributed by atoms with van der Waals surface area (Å²) in [6.45, 7) is 0.431. The van der Waals surface area contributed by atoms with Gasteiger partial charge < -0.3 is 42.9 Å². The predicted molar refractivity (Wildman–Crippen MR) is 115 cm³/mol. The zero-order chi connectivity index (χ0) is 24.0. The van der Waals surface area contributed by atoms with Crippen LogP contribution in [0.25, 0.3) is 0 Å². The molecule has 5 rings (SSSR count). The molecule has 33 heavy (non-hydrogen) atoms. The van der Waals surface area contributed by atoms with Crippen LogP contribution >= 0.6 is 0 Å². The number of aliphatic hydroxyl groups is 3. The average molecular weight is 456 g/mol. The lowest BCUT2D eigenvalue weighted by molar-refractivity contribution is -0.150. The first-order valence-electron chi connectivity index (χ1n) is 10.6. The van der Waals surface area contributed by atoms with Crippen molar-refractivity contribution in [3.8, 4) is 5.75 Å². The summed E-state index contributed by atoms with van der Waals surface area (Å²) in [4.78, 5) is 38.8. The first-order chi connectivity index (χ1) is 15.5. The Morgan fingerprint density at radius 3 is 2.42 bits per heavy atom. The Bertz CT molecular complexity index is 1230. The number of hydrogen-bond acceptors (Lipinski definition) is 10. The maximum absolute atomic E-state index is 13.4. The molecule has 11 heteroatoms. The summed E-state index contributed by atoms with van der Waals surface area (Å²) in [6.07, 6.45) is 0.987. The third kappa shape index (κ3) is 2.38. The summed E-state index contributed by atoms with van der Waals surface area (Å²) in [5.41, 5.74) is 12.3. The van der Waals surface area contributed by atoms with Gasteiger partial charge in [-0.25, -0.2) is 0 Å². The molecule has 0 radical (unpaired) electrons. The van der Waals surface area contributed by atoms with E-state index in [1.165, 1.54) is 6.07 Å². The van der Waals surface area contributed by atoms with Gasteiger partial charge in [-0.2, -0.15) is 0 Å². The van der Waals surface area contributed by atoms with Gasteiger partial charge in [-0.05, 0) is 49.8 Å². The molecule has 11 nitrogen and oxygen atoms in total. The molecular formula is C22H24N4O7.